The minimum Gasteiger partial charge on any atom is -0.486 e. The average molecular weight is 355 g/mol. The van der Waals surface area contributed by atoms with E-state index in [1.54, 1.807) is 0 Å². The summed E-state index contributed by atoms with van der Waals surface area (Å²) in [6, 6.07) is 13.4. The Morgan fingerprint density at radius 3 is 2.58 bits per heavy atom. The molecule has 2 aromatic carbocycles. The first-order chi connectivity index (χ1) is 12.5. The van der Waals surface area contributed by atoms with Crippen LogP contribution in [0.25, 0.3) is 0 Å². The minimum atomic E-state index is -0.161. The second-order valence-corrected chi connectivity index (χ2v) is 6.67. The van der Waals surface area contributed by atoms with Crippen LogP contribution in [0.4, 0.5) is 0 Å². The molecule has 26 heavy (non-hydrogen) atoms. The van der Waals surface area contributed by atoms with Gasteiger partial charge in [0.15, 0.2) is 18.1 Å². The van der Waals surface area contributed by atoms with Crippen molar-refractivity contribution >= 4 is 5.91 Å². The van der Waals surface area contributed by atoms with Gasteiger partial charge < -0.3 is 19.5 Å². The number of hydrogen-bond acceptors (Lipinski definition) is 4. The SMILES string of the molecule is CC(C)c1ccccc1OCC(=O)N[C@H](C)c1ccc2c(c1)OCCO2. The number of benzene rings is 2. The molecule has 1 atom stereocenters. The van der Waals surface area contributed by atoms with Gasteiger partial charge in [0, 0.05) is 0 Å². The van der Waals surface area contributed by atoms with Crippen LogP contribution in [0.3, 0.4) is 0 Å². The van der Waals surface area contributed by atoms with E-state index in [4.69, 9.17) is 14.2 Å². The highest BCUT2D eigenvalue weighted by Gasteiger charge is 2.16. The van der Waals surface area contributed by atoms with Crippen molar-refractivity contribution in [1.29, 1.82) is 0 Å². The number of rotatable bonds is 6. The second kappa shape index (κ2) is 8.13. The van der Waals surface area contributed by atoms with Gasteiger partial charge in [-0.05, 0) is 42.2 Å². The molecule has 0 bridgehead atoms. The molecule has 5 heteroatoms. The lowest BCUT2D eigenvalue weighted by Gasteiger charge is -2.21. The zero-order valence-electron chi connectivity index (χ0n) is 15.5. The summed E-state index contributed by atoms with van der Waals surface area (Å²) in [7, 11) is 0. The number of hydrogen-bond donors (Lipinski definition) is 1. The fourth-order valence-corrected chi connectivity index (χ4v) is 2.93. The van der Waals surface area contributed by atoms with Crippen molar-refractivity contribution in [3.05, 3.63) is 53.6 Å². The maximum absolute atomic E-state index is 12.3. The van der Waals surface area contributed by atoms with Crippen LogP contribution in [0.5, 0.6) is 17.2 Å². The molecule has 0 saturated heterocycles. The molecule has 1 heterocycles. The molecule has 138 valence electrons. The van der Waals surface area contributed by atoms with E-state index in [2.05, 4.69) is 19.2 Å². The van der Waals surface area contributed by atoms with E-state index in [0.29, 0.717) is 19.1 Å². The van der Waals surface area contributed by atoms with Crippen molar-refractivity contribution in [1.82, 2.24) is 5.32 Å². The van der Waals surface area contributed by atoms with E-state index in [0.717, 1.165) is 28.4 Å². The largest absolute Gasteiger partial charge is 0.486 e. The number of carbonyl (C=O) groups excluding carboxylic acids is 1. The Balaban J connectivity index is 1.58. The highest BCUT2D eigenvalue weighted by atomic mass is 16.6. The number of ether oxygens (including phenoxy) is 3. The summed E-state index contributed by atoms with van der Waals surface area (Å²) in [6.07, 6.45) is 0. The summed E-state index contributed by atoms with van der Waals surface area (Å²) in [6.45, 7) is 7.23. The van der Waals surface area contributed by atoms with Crippen LogP contribution in [0.2, 0.25) is 0 Å². The molecule has 5 nitrogen and oxygen atoms in total. The molecule has 3 rings (SSSR count). The number of amides is 1. The van der Waals surface area contributed by atoms with Gasteiger partial charge in [-0.3, -0.25) is 4.79 Å². The summed E-state index contributed by atoms with van der Waals surface area (Å²) in [4.78, 5) is 12.3. The third kappa shape index (κ3) is 4.28. The number of fused-ring (bicyclic) bond motifs is 1. The first-order valence-electron chi connectivity index (χ1n) is 8.95. The highest BCUT2D eigenvalue weighted by Crippen LogP contribution is 2.32. The molecule has 0 radical (unpaired) electrons. The van der Waals surface area contributed by atoms with E-state index in [9.17, 15) is 4.79 Å². The predicted molar refractivity (Wildman–Crippen MR) is 100 cm³/mol. The number of carbonyl (C=O) groups is 1. The van der Waals surface area contributed by atoms with Crippen LogP contribution in [-0.4, -0.2) is 25.7 Å². The lowest BCUT2D eigenvalue weighted by Crippen LogP contribution is -2.31. The first-order valence-corrected chi connectivity index (χ1v) is 8.95. The number of nitrogens with one attached hydrogen (secondary N) is 1. The van der Waals surface area contributed by atoms with Gasteiger partial charge in [-0.15, -0.1) is 0 Å². The maximum atomic E-state index is 12.3. The molecule has 1 aliphatic heterocycles. The van der Waals surface area contributed by atoms with Gasteiger partial charge in [0.25, 0.3) is 5.91 Å². The standard InChI is InChI=1S/C21H25NO4/c1-14(2)17-6-4-5-7-18(17)26-13-21(23)22-15(3)16-8-9-19-20(12-16)25-11-10-24-19/h4-9,12,14-15H,10-11,13H2,1-3H3,(H,22,23)/t15-/m1/s1. The summed E-state index contributed by atoms with van der Waals surface area (Å²) in [5, 5.41) is 2.96. The summed E-state index contributed by atoms with van der Waals surface area (Å²) in [5.74, 6) is 2.39. The Hall–Kier alpha value is -2.69. The molecule has 0 aromatic heterocycles. The zero-order valence-corrected chi connectivity index (χ0v) is 15.5. The molecule has 0 unspecified atom stereocenters. The van der Waals surface area contributed by atoms with Crippen molar-refractivity contribution in [3.8, 4) is 17.2 Å². The van der Waals surface area contributed by atoms with E-state index < -0.39 is 0 Å². The van der Waals surface area contributed by atoms with Crippen molar-refractivity contribution in [2.75, 3.05) is 19.8 Å². The topological polar surface area (TPSA) is 56.8 Å². The second-order valence-electron chi connectivity index (χ2n) is 6.67. The van der Waals surface area contributed by atoms with Crippen LogP contribution in [0.15, 0.2) is 42.5 Å². The fraction of sp³-hybridized carbons (Fsp3) is 0.381. The van der Waals surface area contributed by atoms with E-state index in [1.165, 1.54) is 0 Å². The lowest BCUT2D eigenvalue weighted by molar-refractivity contribution is -0.123. The van der Waals surface area contributed by atoms with Gasteiger partial charge >= 0.3 is 0 Å². The molecule has 0 saturated carbocycles. The van der Waals surface area contributed by atoms with Crippen molar-refractivity contribution < 1.29 is 19.0 Å². The lowest BCUT2D eigenvalue weighted by atomic mass is 10.0. The Kier molecular flexibility index (Phi) is 5.66. The smallest absolute Gasteiger partial charge is 0.258 e. The molecule has 1 aliphatic rings. The van der Waals surface area contributed by atoms with Gasteiger partial charge in [-0.25, -0.2) is 0 Å². The van der Waals surface area contributed by atoms with Crippen LogP contribution in [-0.2, 0) is 4.79 Å². The van der Waals surface area contributed by atoms with Gasteiger partial charge in [0.1, 0.15) is 19.0 Å². The Labute approximate surface area is 154 Å². The summed E-state index contributed by atoms with van der Waals surface area (Å²) in [5.41, 5.74) is 2.06. The quantitative estimate of drug-likeness (QED) is 0.855. The molecule has 0 spiro atoms. The normalized spacial score (nSPS) is 14.0. The molecule has 2 aromatic rings. The van der Waals surface area contributed by atoms with E-state index >= 15 is 0 Å². The fourth-order valence-electron chi connectivity index (χ4n) is 2.93. The Bertz CT molecular complexity index is 772. The third-order valence-electron chi connectivity index (χ3n) is 4.34. The van der Waals surface area contributed by atoms with Gasteiger partial charge in [-0.2, -0.15) is 0 Å². The first kappa shape index (κ1) is 18.1. The number of para-hydroxylation sites is 1. The highest BCUT2D eigenvalue weighted by molar-refractivity contribution is 5.78. The zero-order chi connectivity index (χ0) is 18.5. The molecule has 0 aliphatic carbocycles. The molecule has 1 N–H and O–H groups in total. The van der Waals surface area contributed by atoms with Crippen molar-refractivity contribution in [3.63, 3.8) is 0 Å². The summed E-state index contributed by atoms with van der Waals surface area (Å²) < 4.78 is 16.9. The third-order valence-corrected chi connectivity index (χ3v) is 4.34. The van der Waals surface area contributed by atoms with Crippen molar-refractivity contribution in [2.24, 2.45) is 0 Å². The predicted octanol–water partition coefficient (Wildman–Crippen LogP) is 3.84. The van der Waals surface area contributed by atoms with Crippen LogP contribution < -0.4 is 19.5 Å². The Morgan fingerprint density at radius 1 is 1.08 bits per heavy atom. The molecular weight excluding hydrogens is 330 g/mol. The minimum absolute atomic E-state index is 0.0153. The Morgan fingerprint density at radius 2 is 1.81 bits per heavy atom. The van der Waals surface area contributed by atoms with E-state index in [-0.39, 0.29) is 18.6 Å². The molecule has 1 amide bonds. The van der Waals surface area contributed by atoms with Crippen LogP contribution >= 0.6 is 0 Å². The van der Waals surface area contributed by atoms with Gasteiger partial charge in [0.05, 0.1) is 6.04 Å². The van der Waals surface area contributed by atoms with Crippen molar-refractivity contribution in [2.45, 2.75) is 32.7 Å². The summed E-state index contributed by atoms with van der Waals surface area (Å²) >= 11 is 0. The van der Waals surface area contributed by atoms with Gasteiger partial charge in [0.2, 0.25) is 0 Å². The van der Waals surface area contributed by atoms with Gasteiger partial charge in [-0.1, -0.05) is 38.1 Å². The van der Waals surface area contributed by atoms with E-state index in [1.807, 2.05) is 49.4 Å². The van der Waals surface area contributed by atoms with Crippen LogP contribution in [0.1, 0.15) is 43.9 Å². The molecule has 0 fully saturated rings. The monoisotopic (exact) mass is 355 g/mol. The van der Waals surface area contributed by atoms with Crippen LogP contribution in [0, 0.1) is 0 Å². The maximum Gasteiger partial charge on any atom is 0.258 e. The average Bonchev–Trinajstić information content (AvgIpc) is 2.66. The molecular formula is C21H25NO4.